The molecule has 1 atom stereocenters. The maximum Gasteiger partial charge on any atom is 0.191 e. The molecule has 0 aromatic heterocycles. The zero-order valence-electron chi connectivity index (χ0n) is 14.4. The van der Waals surface area contributed by atoms with Crippen LogP contribution in [0.4, 0.5) is 0 Å². The molecular formula is C20H25N3O. The van der Waals surface area contributed by atoms with Gasteiger partial charge in [-0.15, -0.1) is 0 Å². The molecule has 0 heterocycles. The number of nitrogens with zero attached hydrogens (tertiary/aromatic N) is 1. The van der Waals surface area contributed by atoms with Crippen molar-refractivity contribution >= 4 is 5.96 Å². The Morgan fingerprint density at radius 2 is 1.92 bits per heavy atom. The number of para-hydroxylation sites is 1. The second-order valence-electron chi connectivity index (χ2n) is 5.95. The van der Waals surface area contributed by atoms with Crippen molar-refractivity contribution in [2.24, 2.45) is 4.99 Å². The van der Waals surface area contributed by atoms with Crippen LogP contribution in [-0.2, 0) is 13.0 Å². The largest absolute Gasteiger partial charge is 0.494 e. The molecule has 0 fully saturated rings. The van der Waals surface area contributed by atoms with Crippen molar-refractivity contribution in [3.63, 3.8) is 0 Å². The second kappa shape index (κ2) is 7.86. The number of benzene rings is 2. The monoisotopic (exact) mass is 323 g/mol. The SMILES string of the molecule is CCOc1ccccc1CNC(=NC)NCC1Cc2ccccc21. The highest BCUT2D eigenvalue weighted by atomic mass is 16.5. The molecule has 4 nitrogen and oxygen atoms in total. The maximum atomic E-state index is 5.67. The van der Waals surface area contributed by atoms with Crippen LogP contribution in [0.5, 0.6) is 5.75 Å². The van der Waals surface area contributed by atoms with Crippen molar-refractivity contribution in [2.75, 3.05) is 20.2 Å². The molecule has 126 valence electrons. The molecule has 1 aliphatic rings. The standard InChI is InChI=1S/C20H25N3O/c1-3-24-19-11-7-5-9-16(19)13-22-20(21-2)23-14-17-12-15-8-4-6-10-18(15)17/h4-11,17H,3,12-14H2,1-2H3,(H2,21,22,23). The predicted molar refractivity (Wildman–Crippen MR) is 98.7 cm³/mol. The molecule has 0 spiro atoms. The Morgan fingerprint density at radius 3 is 2.71 bits per heavy atom. The summed E-state index contributed by atoms with van der Waals surface area (Å²) in [6.45, 7) is 4.27. The summed E-state index contributed by atoms with van der Waals surface area (Å²) < 4.78 is 5.67. The third kappa shape index (κ3) is 3.70. The first-order valence-corrected chi connectivity index (χ1v) is 8.54. The third-order valence-corrected chi connectivity index (χ3v) is 4.42. The van der Waals surface area contributed by atoms with Gasteiger partial charge in [-0.3, -0.25) is 4.99 Å². The first kappa shape index (κ1) is 16.4. The quantitative estimate of drug-likeness (QED) is 0.634. The lowest BCUT2D eigenvalue weighted by Gasteiger charge is -2.30. The van der Waals surface area contributed by atoms with Gasteiger partial charge >= 0.3 is 0 Å². The number of hydrogen-bond acceptors (Lipinski definition) is 2. The molecular weight excluding hydrogens is 298 g/mol. The van der Waals surface area contributed by atoms with Crippen LogP contribution in [0, 0.1) is 0 Å². The summed E-state index contributed by atoms with van der Waals surface area (Å²) in [7, 11) is 1.80. The molecule has 1 unspecified atom stereocenters. The summed E-state index contributed by atoms with van der Waals surface area (Å²) in [6.07, 6.45) is 1.15. The highest BCUT2D eigenvalue weighted by molar-refractivity contribution is 5.79. The molecule has 0 saturated heterocycles. The van der Waals surface area contributed by atoms with Gasteiger partial charge in [-0.25, -0.2) is 0 Å². The summed E-state index contributed by atoms with van der Waals surface area (Å²) in [4.78, 5) is 4.32. The number of hydrogen-bond donors (Lipinski definition) is 2. The van der Waals surface area contributed by atoms with Crippen molar-refractivity contribution in [3.8, 4) is 5.75 Å². The van der Waals surface area contributed by atoms with E-state index in [1.807, 2.05) is 25.1 Å². The minimum atomic E-state index is 0.579. The third-order valence-electron chi connectivity index (χ3n) is 4.42. The van der Waals surface area contributed by atoms with Crippen molar-refractivity contribution < 1.29 is 4.74 Å². The number of aliphatic imine (C=N–C) groups is 1. The molecule has 2 aromatic rings. The topological polar surface area (TPSA) is 45.6 Å². The van der Waals surface area contributed by atoms with Crippen LogP contribution in [0.25, 0.3) is 0 Å². The number of ether oxygens (including phenoxy) is 1. The Morgan fingerprint density at radius 1 is 1.12 bits per heavy atom. The fourth-order valence-electron chi connectivity index (χ4n) is 3.11. The van der Waals surface area contributed by atoms with E-state index in [0.29, 0.717) is 19.1 Å². The smallest absolute Gasteiger partial charge is 0.191 e. The molecule has 0 radical (unpaired) electrons. The molecule has 1 aliphatic carbocycles. The van der Waals surface area contributed by atoms with E-state index in [-0.39, 0.29) is 0 Å². The Hall–Kier alpha value is -2.49. The van der Waals surface area contributed by atoms with Gasteiger partial charge in [0.1, 0.15) is 5.75 Å². The van der Waals surface area contributed by atoms with E-state index in [2.05, 4.69) is 46.0 Å². The van der Waals surface area contributed by atoms with E-state index in [1.54, 1.807) is 7.05 Å². The fourth-order valence-corrected chi connectivity index (χ4v) is 3.11. The van der Waals surface area contributed by atoms with Crippen molar-refractivity contribution in [1.29, 1.82) is 0 Å². The molecule has 2 aromatic carbocycles. The second-order valence-corrected chi connectivity index (χ2v) is 5.95. The van der Waals surface area contributed by atoms with Gasteiger partial charge in [-0.05, 0) is 30.5 Å². The van der Waals surface area contributed by atoms with Crippen LogP contribution in [-0.4, -0.2) is 26.2 Å². The number of fused-ring (bicyclic) bond motifs is 1. The van der Waals surface area contributed by atoms with Crippen molar-refractivity contribution in [1.82, 2.24) is 10.6 Å². The maximum absolute atomic E-state index is 5.67. The molecule has 0 bridgehead atoms. The summed E-state index contributed by atoms with van der Waals surface area (Å²) in [5, 5.41) is 6.80. The Balaban J connectivity index is 1.51. The van der Waals surface area contributed by atoms with Crippen LogP contribution in [0.3, 0.4) is 0 Å². The van der Waals surface area contributed by atoms with E-state index in [1.165, 1.54) is 11.1 Å². The highest BCUT2D eigenvalue weighted by Crippen LogP contribution is 2.33. The lowest BCUT2D eigenvalue weighted by Crippen LogP contribution is -2.40. The molecule has 2 N–H and O–H groups in total. The molecule has 0 aliphatic heterocycles. The molecule has 0 saturated carbocycles. The number of guanidine groups is 1. The fraction of sp³-hybridized carbons (Fsp3) is 0.350. The average molecular weight is 323 g/mol. The van der Waals surface area contributed by atoms with Crippen molar-refractivity contribution in [2.45, 2.75) is 25.8 Å². The van der Waals surface area contributed by atoms with Gasteiger partial charge in [0.05, 0.1) is 6.61 Å². The van der Waals surface area contributed by atoms with Gasteiger partial charge in [-0.2, -0.15) is 0 Å². The Kier molecular flexibility index (Phi) is 5.36. The first-order valence-electron chi connectivity index (χ1n) is 8.54. The molecule has 24 heavy (non-hydrogen) atoms. The average Bonchev–Trinajstić information content (AvgIpc) is 2.60. The summed E-state index contributed by atoms with van der Waals surface area (Å²) >= 11 is 0. The summed E-state index contributed by atoms with van der Waals surface area (Å²) in [6, 6.07) is 16.8. The minimum absolute atomic E-state index is 0.579. The first-order chi connectivity index (χ1) is 11.8. The van der Waals surface area contributed by atoms with Crippen LogP contribution in [0.1, 0.15) is 29.5 Å². The van der Waals surface area contributed by atoms with Gasteiger partial charge in [-0.1, -0.05) is 42.5 Å². The highest BCUT2D eigenvalue weighted by Gasteiger charge is 2.25. The minimum Gasteiger partial charge on any atom is -0.494 e. The Labute approximate surface area is 144 Å². The lowest BCUT2D eigenvalue weighted by atomic mass is 9.78. The number of nitrogens with one attached hydrogen (secondary N) is 2. The van der Waals surface area contributed by atoms with Gasteiger partial charge in [0.15, 0.2) is 5.96 Å². The van der Waals surface area contributed by atoms with Gasteiger partial charge in [0.25, 0.3) is 0 Å². The van der Waals surface area contributed by atoms with E-state index >= 15 is 0 Å². The normalized spacial score (nSPS) is 16.1. The van der Waals surface area contributed by atoms with E-state index < -0.39 is 0 Å². The predicted octanol–water partition coefficient (Wildman–Crippen LogP) is 3.09. The van der Waals surface area contributed by atoms with Crippen LogP contribution in [0.2, 0.25) is 0 Å². The Bertz CT molecular complexity index is 712. The van der Waals surface area contributed by atoms with E-state index in [9.17, 15) is 0 Å². The summed E-state index contributed by atoms with van der Waals surface area (Å²) in [5.74, 6) is 2.33. The molecule has 3 rings (SSSR count). The van der Waals surface area contributed by atoms with E-state index in [0.717, 1.165) is 30.2 Å². The van der Waals surface area contributed by atoms with Gasteiger partial charge < -0.3 is 15.4 Å². The van der Waals surface area contributed by atoms with E-state index in [4.69, 9.17) is 4.74 Å². The zero-order valence-corrected chi connectivity index (χ0v) is 14.4. The van der Waals surface area contributed by atoms with Crippen LogP contribution in [0.15, 0.2) is 53.5 Å². The molecule has 4 heteroatoms. The van der Waals surface area contributed by atoms with Gasteiger partial charge in [0, 0.05) is 31.6 Å². The van der Waals surface area contributed by atoms with Crippen LogP contribution < -0.4 is 15.4 Å². The van der Waals surface area contributed by atoms with Crippen molar-refractivity contribution in [3.05, 3.63) is 65.2 Å². The molecule has 0 amide bonds. The van der Waals surface area contributed by atoms with Gasteiger partial charge in [0.2, 0.25) is 0 Å². The van der Waals surface area contributed by atoms with Crippen LogP contribution >= 0.6 is 0 Å². The summed E-state index contributed by atoms with van der Waals surface area (Å²) in [5.41, 5.74) is 4.07. The zero-order chi connectivity index (χ0) is 16.8. The number of rotatable bonds is 6. The lowest BCUT2D eigenvalue weighted by molar-refractivity contribution is 0.336.